The van der Waals surface area contributed by atoms with Crippen LogP contribution in [0, 0.1) is 0 Å². The number of nitrogens with zero attached hydrogens (tertiary/aromatic N) is 1. The second-order valence-corrected chi connectivity index (χ2v) is 9.18. The summed E-state index contributed by atoms with van der Waals surface area (Å²) in [5.41, 5.74) is 1.16. The fourth-order valence-corrected chi connectivity index (χ4v) is 4.13. The minimum atomic E-state index is -3.34. The Morgan fingerprint density at radius 3 is 2.67 bits per heavy atom. The van der Waals surface area contributed by atoms with Gasteiger partial charge in [0.05, 0.1) is 16.8 Å². The van der Waals surface area contributed by atoms with Crippen LogP contribution >= 0.6 is 11.3 Å². The van der Waals surface area contributed by atoms with Crippen LogP contribution in [-0.2, 0) is 10.0 Å². The number of nitrogens with one attached hydrogen (secondary N) is 1. The fraction of sp³-hybridized carbons (Fsp3) is 0.167. The summed E-state index contributed by atoms with van der Waals surface area (Å²) in [6, 6.07) is 12.3. The first-order valence-corrected chi connectivity index (χ1v) is 10.7. The van der Waals surface area contributed by atoms with E-state index in [0.717, 1.165) is 16.3 Å². The Kier molecular flexibility index (Phi) is 4.20. The van der Waals surface area contributed by atoms with Gasteiger partial charge in [-0.05, 0) is 41.8 Å². The average Bonchev–Trinajstić information content (AvgIpc) is 3.25. The van der Waals surface area contributed by atoms with Gasteiger partial charge in [0, 0.05) is 23.5 Å². The van der Waals surface area contributed by atoms with E-state index in [2.05, 4.69) is 5.32 Å². The van der Waals surface area contributed by atoms with E-state index < -0.39 is 10.0 Å². The van der Waals surface area contributed by atoms with Crippen molar-refractivity contribution >= 4 is 48.7 Å². The molecule has 0 saturated heterocycles. The van der Waals surface area contributed by atoms with E-state index in [-0.39, 0.29) is 12.7 Å². The second kappa shape index (κ2) is 6.43. The third-order valence-electron chi connectivity index (χ3n) is 4.22. The summed E-state index contributed by atoms with van der Waals surface area (Å²) in [6.45, 7) is 0.174. The molecule has 1 amide bonds. The lowest BCUT2D eigenvalue weighted by atomic mass is 10.2. The van der Waals surface area contributed by atoms with Gasteiger partial charge in [-0.1, -0.05) is 0 Å². The summed E-state index contributed by atoms with van der Waals surface area (Å²) in [5, 5.41) is 3.65. The van der Waals surface area contributed by atoms with E-state index in [9.17, 15) is 13.2 Å². The van der Waals surface area contributed by atoms with Gasteiger partial charge in [-0.3, -0.25) is 9.10 Å². The lowest BCUT2D eigenvalue weighted by Gasteiger charge is -2.16. The first kappa shape index (κ1) is 17.6. The standard InChI is InChI=1S/C18H16N2O5S2/c1-20(27(2,22)23)13-4-6-16-11(7-13)8-17(26-16)18(21)19-12-3-5-14-15(9-12)25-10-24-14/h3-9H,10H2,1-2H3,(H,19,21). The van der Waals surface area contributed by atoms with Crippen molar-refractivity contribution in [2.75, 3.05) is 29.7 Å². The summed E-state index contributed by atoms with van der Waals surface area (Å²) >= 11 is 1.34. The molecule has 2 heterocycles. The Balaban J connectivity index is 1.59. The van der Waals surface area contributed by atoms with Crippen LogP contribution in [0.2, 0.25) is 0 Å². The van der Waals surface area contributed by atoms with Crippen LogP contribution in [-0.4, -0.2) is 34.4 Å². The number of amides is 1. The molecule has 1 N–H and O–H groups in total. The summed E-state index contributed by atoms with van der Waals surface area (Å²) < 4.78 is 36.1. The zero-order valence-corrected chi connectivity index (χ0v) is 16.2. The maximum Gasteiger partial charge on any atom is 0.265 e. The topological polar surface area (TPSA) is 84.9 Å². The molecular weight excluding hydrogens is 388 g/mol. The van der Waals surface area contributed by atoms with E-state index in [4.69, 9.17) is 9.47 Å². The molecule has 9 heteroatoms. The Labute approximate surface area is 160 Å². The van der Waals surface area contributed by atoms with Crippen molar-refractivity contribution in [2.45, 2.75) is 0 Å². The van der Waals surface area contributed by atoms with Crippen molar-refractivity contribution in [3.05, 3.63) is 47.3 Å². The van der Waals surface area contributed by atoms with Gasteiger partial charge in [0.1, 0.15) is 0 Å². The van der Waals surface area contributed by atoms with Gasteiger partial charge < -0.3 is 14.8 Å². The molecule has 2 aromatic carbocycles. The first-order valence-electron chi connectivity index (χ1n) is 8.00. The van der Waals surface area contributed by atoms with Crippen molar-refractivity contribution in [2.24, 2.45) is 0 Å². The maximum absolute atomic E-state index is 12.6. The largest absolute Gasteiger partial charge is 0.454 e. The Hall–Kier alpha value is -2.78. The molecule has 3 aromatic rings. The van der Waals surface area contributed by atoms with Crippen LogP contribution in [0.25, 0.3) is 10.1 Å². The third-order valence-corrected chi connectivity index (χ3v) is 6.54. The molecule has 0 radical (unpaired) electrons. The first-order chi connectivity index (χ1) is 12.8. The summed E-state index contributed by atoms with van der Waals surface area (Å²) in [4.78, 5) is 13.1. The molecule has 0 fully saturated rings. The van der Waals surface area contributed by atoms with Crippen molar-refractivity contribution in [3.8, 4) is 11.5 Å². The number of benzene rings is 2. The second-order valence-electron chi connectivity index (χ2n) is 6.09. The van der Waals surface area contributed by atoms with Gasteiger partial charge in [0.25, 0.3) is 5.91 Å². The molecule has 0 spiro atoms. The smallest absolute Gasteiger partial charge is 0.265 e. The number of rotatable bonds is 4. The molecule has 140 valence electrons. The molecule has 0 aliphatic carbocycles. The number of carbonyl (C=O) groups excluding carboxylic acids is 1. The summed E-state index contributed by atoms with van der Waals surface area (Å²) in [6.07, 6.45) is 1.15. The van der Waals surface area contributed by atoms with Crippen molar-refractivity contribution in [3.63, 3.8) is 0 Å². The van der Waals surface area contributed by atoms with E-state index in [1.54, 1.807) is 36.4 Å². The normalized spacial score (nSPS) is 13.0. The minimum absolute atomic E-state index is 0.174. The highest BCUT2D eigenvalue weighted by molar-refractivity contribution is 7.92. The third kappa shape index (κ3) is 3.43. The molecule has 1 aliphatic heterocycles. The van der Waals surface area contributed by atoms with Crippen molar-refractivity contribution in [1.29, 1.82) is 0 Å². The van der Waals surface area contributed by atoms with Gasteiger partial charge in [0.15, 0.2) is 11.5 Å². The van der Waals surface area contributed by atoms with Crippen LogP contribution < -0.4 is 19.1 Å². The molecule has 0 saturated carbocycles. The Morgan fingerprint density at radius 1 is 1.11 bits per heavy atom. The molecule has 27 heavy (non-hydrogen) atoms. The number of anilines is 2. The number of hydrogen-bond donors (Lipinski definition) is 1. The van der Waals surface area contributed by atoms with E-state index in [1.165, 1.54) is 22.7 Å². The van der Waals surface area contributed by atoms with Gasteiger partial charge in [-0.15, -0.1) is 11.3 Å². The van der Waals surface area contributed by atoms with Crippen LogP contribution in [0.1, 0.15) is 9.67 Å². The van der Waals surface area contributed by atoms with Crippen LogP contribution in [0.5, 0.6) is 11.5 Å². The van der Waals surface area contributed by atoms with Crippen LogP contribution in [0.3, 0.4) is 0 Å². The maximum atomic E-state index is 12.6. The fourth-order valence-electron chi connectivity index (χ4n) is 2.70. The average molecular weight is 404 g/mol. The van der Waals surface area contributed by atoms with Gasteiger partial charge in [-0.2, -0.15) is 0 Å². The molecule has 7 nitrogen and oxygen atoms in total. The highest BCUT2D eigenvalue weighted by Crippen LogP contribution is 2.35. The predicted octanol–water partition coefficient (Wildman–Crippen LogP) is 3.28. The SMILES string of the molecule is CN(c1ccc2sc(C(=O)Nc3ccc4c(c3)OCO4)cc2c1)S(C)(=O)=O. The molecular formula is C18H16N2O5S2. The zero-order chi connectivity index (χ0) is 19.2. The summed E-state index contributed by atoms with van der Waals surface area (Å²) in [7, 11) is -1.85. The number of sulfonamides is 1. The van der Waals surface area contributed by atoms with Crippen molar-refractivity contribution < 1.29 is 22.7 Å². The Morgan fingerprint density at radius 2 is 1.89 bits per heavy atom. The van der Waals surface area contributed by atoms with Gasteiger partial charge >= 0.3 is 0 Å². The molecule has 4 rings (SSSR count). The van der Waals surface area contributed by atoms with Crippen LogP contribution in [0.15, 0.2) is 42.5 Å². The number of carbonyl (C=O) groups is 1. The van der Waals surface area contributed by atoms with Crippen LogP contribution in [0.4, 0.5) is 11.4 Å². The van der Waals surface area contributed by atoms with Gasteiger partial charge in [0.2, 0.25) is 16.8 Å². The minimum Gasteiger partial charge on any atom is -0.454 e. The molecule has 0 atom stereocenters. The van der Waals surface area contributed by atoms with E-state index in [1.807, 2.05) is 6.07 Å². The number of fused-ring (bicyclic) bond motifs is 2. The zero-order valence-electron chi connectivity index (χ0n) is 14.6. The van der Waals surface area contributed by atoms with Gasteiger partial charge in [-0.25, -0.2) is 8.42 Å². The lowest BCUT2D eigenvalue weighted by molar-refractivity contribution is 0.103. The highest BCUT2D eigenvalue weighted by atomic mass is 32.2. The van der Waals surface area contributed by atoms with E-state index >= 15 is 0 Å². The number of hydrogen-bond acceptors (Lipinski definition) is 6. The summed E-state index contributed by atoms with van der Waals surface area (Å²) in [5.74, 6) is 1.00. The van der Waals surface area contributed by atoms with Crippen molar-refractivity contribution in [1.82, 2.24) is 0 Å². The highest BCUT2D eigenvalue weighted by Gasteiger charge is 2.17. The number of ether oxygens (including phenoxy) is 2. The molecule has 0 bridgehead atoms. The quantitative estimate of drug-likeness (QED) is 0.721. The monoisotopic (exact) mass is 404 g/mol. The Bertz CT molecular complexity index is 1150. The number of thiophene rings is 1. The molecule has 1 aliphatic rings. The molecule has 0 unspecified atom stereocenters. The predicted molar refractivity (Wildman–Crippen MR) is 106 cm³/mol. The lowest BCUT2D eigenvalue weighted by Crippen LogP contribution is -2.24. The van der Waals surface area contributed by atoms with E-state index in [0.29, 0.717) is 27.8 Å². The molecule has 1 aromatic heterocycles.